The minimum Gasteiger partial charge on any atom is -0.488 e. The van der Waals surface area contributed by atoms with Gasteiger partial charge in [0.2, 0.25) is 0 Å². The molecule has 0 bridgehead atoms. The number of benzene rings is 1. The van der Waals surface area contributed by atoms with Crippen molar-refractivity contribution >= 4 is 15.7 Å². The SMILES string of the molecule is Cc1cc(NS(=O)(=O)c2ccc(OC(C)C)c(F)c2)ccn1. The second-order valence-electron chi connectivity index (χ2n) is 5.05. The van der Waals surface area contributed by atoms with Crippen molar-refractivity contribution in [2.45, 2.75) is 31.8 Å². The maximum absolute atomic E-state index is 13.9. The van der Waals surface area contributed by atoms with Crippen LogP contribution in [0.2, 0.25) is 0 Å². The van der Waals surface area contributed by atoms with Crippen molar-refractivity contribution in [3.63, 3.8) is 0 Å². The van der Waals surface area contributed by atoms with E-state index in [1.165, 1.54) is 24.4 Å². The topological polar surface area (TPSA) is 68.3 Å². The van der Waals surface area contributed by atoms with E-state index in [4.69, 9.17) is 4.74 Å². The number of pyridine rings is 1. The summed E-state index contributed by atoms with van der Waals surface area (Å²) in [6.45, 7) is 5.27. The lowest BCUT2D eigenvalue weighted by molar-refractivity contribution is 0.231. The maximum atomic E-state index is 13.9. The predicted octanol–water partition coefficient (Wildman–Crippen LogP) is 3.12. The smallest absolute Gasteiger partial charge is 0.262 e. The number of hydrogen-bond donors (Lipinski definition) is 1. The number of aryl methyl sites for hydroxylation is 1. The molecular formula is C15H17FN2O3S. The predicted molar refractivity (Wildman–Crippen MR) is 81.9 cm³/mol. The molecule has 22 heavy (non-hydrogen) atoms. The summed E-state index contributed by atoms with van der Waals surface area (Å²) in [5.41, 5.74) is 1.04. The first-order chi connectivity index (χ1) is 10.3. The van der Waals surface area contributed by atoms with Crippen LogP contribution in [0.5, 0.6) is 5.75 Å². The molecular weight excluding hydrogens is 307 g/mol. The van der Waals surface area contributed by atoms with E-state index in [9.17, 15) is 12.8 Å². The Morgan fingerprint density at radius 1 is 1.23 bits per heavy atom. The van der Waals surface area contributed by atoms with Gasteiger partial charge in [-0.25, -0.2) is 12.8 Å². The summed E-state index contributed by atoms with van der Waals surface area (Å²) in [6.07, 6.45) is 1.29. The Morgan fingerprint density at radius 3 is 2.55 bits per heavy atom. The second kappa shape index (κ2) is 6.31. The summed E-state index contributed by atoms with van der Waals surface area (Å²) in [5, 5.41) is 0. The Hall–Kier alpha value is -2.15. The fourth-order valence-electron chi connectivity index (χ4n) is 1.82. The molecule has 1 N–H and O–H groups in total. The van der Waals surface area contributed by atoms with E-state index in [1.807, 2.05) is 0 Å². The first-order valence-corrected chi connectivity index (χ1v) is 8.18. The van der Waals surface area contributed by atoms with Crippen molar-refractivity contribution in [3.8, 4) is 5.75 Å². The second-order valence-corrected chi connectivity index (χ2v) is 6.73. The van der Waals surface area contributed by atoms with Gasteiger partial charge in [0.25, 0.3) is 10.0 Å². The molecule has 0 aliphatic rings. The Labute approximate surface area is 129 Å². The van der Waals surface area contributed by atoms with Crippen molar-refractivity contribution < 1.29 is 17.5 Å². The number of aromatic nitrogens is 1. The Kier molecular flexibility index (Phi) is 4.65. The van der Waals surface area contributed by atoms with Gasteiger partial charge in [0.05, 0.1) is 16.7 Å². The zero-order valence-corrected chi connectivity index (χ0v) is 13.3. The summed E-state index contributed by atoms with van der Waals surface area (Å²) in [6, 6.07) is 6.66. The van der Waals surface area contributed by atoms with Crippen LogP contribution in [0.25, 0.3) is 0 Å². The first-order valence-electron chi connectivity index (χ1n) is 6.69. The largest absolute Gasteiger partial charge is 0.488 e. The number of hydrogen-bond acceptors (Lipinski definition) is 4. The molecule has 0 atom stereocenters. The van der Waals surface area contributed by atoms with Crippen LogP contribution in [0.3, 0.4) is 0 Å². The van der Waals surface area contributed by atoms with Gasteiger partial charge in [0.1, 0.15) is 0 Å². The number of nitrogens with one attached hydrogen (secondary N) is 1. The molecule has 2 rings (SSSR count). The quantitative estimate of drug-likeness (QED) is 0.917. The van der Waals surface area contributed by atoms with Crippen molar-refractivity contribution in [1.82, 2.24) is 4.98 Å². The number of sulfonamides is 1. The van der Waals surface area contributed by atoms with E-state index in [0.717, 1.165) is 6.07 Å². The Bertz CT molecular complexity index is 776. The van der Waals surface area contributed by atoms with Crippen molar-refractivity contribution in [2.24, 2.45) is 0 Å². The minimum atomic E-state index is -3.87. The molecule has 0 unspecified atom stereocenters. The molecule has 2 aromatic rings. The van der Waals surface area contributed by atoms with Crippen LogP contribution in [0.15, 0.2) is 41.4 Å². The van der Waals surface area contributed by atoms with Crippen LogP contribution in [0.1, 0.15) is 19.5 Å². The van der Waals surface area contributed by atoms with Gasteiger partial charge in [-0.1, -0.05) is 0 Å². The van der Waals surface area contributed by atoms with Gasteiger partial charge in [-0.3, -0.25) is 9.71 Å². The van der Waals surface area contributed by atoms with Gasteiger partial charge < -0.3 is 4.74 Å². The molecule has 1 aromatic carbocycles. The number of anilines is 1. The van der Waals surface area contributed by atoms with E-state index in [0.29, 0.717) is 11.4 Å². The summed E-state index contributed by atoms with van der Waals surface area (Å²) in [4.78, 5) is 3.81. The molecule has 1 heterocycles. The molecule has 0 aliphatic heterocycles. The fourth-order valence-corrected chi connectivity index (χ4v) is 2.88. The van der Waals surface area contributed by atoms with Crippen LogP contribution < -0.4 is 9.46 Å². The van der Waals surface area contributed by atoms with E-state index in [1.54, 1.807) is 26.8 Å². The van der Waals surface area contributed by atoms with Crippen LogP contribution in [-0.4, -0.2) is 19.5 Å². The van der Waals surface area contributed by atoms with Crippen LogP contribution in [0.4, 0.5) is 10.1 Å². The summed E-state index contributed by atoms with van der Waals surface area (Å²) < 4.78 is 46.1. The monoisotopic (exact) mass is 324 g/mol. The van der Waals surface area contributed by atoms with Crippen LogP contribution in [0, 0.1) is 12.7 Å². The fraction of sp³-hybridized carbons (Fsp3) is 0.267. The molecule has 0 saturated carbocycles. The number of rotatable bonds is 5. The molecule has 1 aromatic heterocycles. The van der Waals surface area contributed by atoms with Crippen molar-refractivity contribution in [1.29, 1.82) is 0 Å². The van der Waals surface area contributed by atoms with Gasteiger partial charge in [-0.2, -0.15) is 0 Å². The maximum Gasteiger partial charge on any atom is 0.262 e. The van der Waals surface area contributed by atoms with Gasteiger partial charge in [-0.15, -0.1) is 0 Å². The zero-order chi connectivity index (χ0) is 16.3. The minimum absolute atomic E-state index is 0.0219. The number of nitrogens with zero attached hydrogens (tertiary/aromatic N) is 1. The highest BCUT2D eigenvalue weighted by molar-refractivity contribution is 7.92. The normalized spacial score (nSPS) is 11.5. The lowest BCUT2D eigenvalue weighted by Gasteiger charge is -2.12. The number of ether oxygens (including phenoxy) is 1. The molecule has 0 spiro atoms. The third-order valence-corrected chi connectivity index (χ3v) is 4.10. The molecule has 0 fully saturated rings. The molecule has 0 aliphatic carbocycles. The molecule has 0 radical (unpaired) electrons. The molecule has 0 saturated heterocycles. The Balaban J connectivity index is 2.28. The van der Waals surface area contributed by atoms with Crippen molar-refractivity contribution in [2.75, 3.05) is 4.72 Å². The van der Waals surface area contributed by atoms with E-state index in [-0.39, 0.29) is 16.7 Å². The molecule has 5 nitrogen and oxygen atoms in total. The van der Waals surface area contributed by atoms with Crippen molar-refractivity contribution in [3.05, 3.63) is 48.0 Å². The molecule has 7 heteroatoms. The van der Waals surface area contributed by atoms with E-state index >= 15 is 0 Å². The summed E-state index contributed by atoms with van der Waals surface area (Å²) in [5.74, 6) is -0.698. The highest BCUT2D eigenvalue weighted by Crippen LogP contribution is 2.23. The summed E-state index contributed by atoms with van der Waals surface area (Å²) >= 11 is 0. The third-order valence-electron chi connectivity index (χ3n) is 2.73. The molecule has 0 amide bonds. The lowest BCUT2D eigenvalue weighted by atomic mass is 10.3. The summed E-state index contributed by atoms with van der Waals surface area (Å²) in [7, 11) is -3.87. The average molecular weight is 324 g/mol. The average Bonchev–Trinajstić information content (AvgIpc) is 2.40. The highest BCUT2D eigenvalue weighted by atomic mass is 32.2. The van der Waals surface area contributed by atoms with Gasteiger partial charge in [0.15, 0.2) is 11.6 Å². The molecule has 118 valence electrons. The Morgan fingerprint density at radius 2 is 1.95 bits per heavy atom. The van der Waals surface area contributed by atoms with Crippen LogP contribution >= 0.6 is 0 Å². The lowest BCUT2D eigenvalue weighted by Crippen LogP contribution is -2.14. The van der Waals surface area contributed by atoms with E-state index in [2.05, 4.69) is 9.71 Å². The standard InChI is InChI=1S/C15H17FN2O3S/c1-10(2)21-15-5-4-13(9-14(15)16)22(19,20)18-12-6-7-17-11(3)8-12/h4-10H,1-3H3,(H,17,18). The highest BCUT2D eigenvalue weighted by Gasteiger charge is 2.17. The van der Waals surface area contributed by atoms with Crippen LogP contribution in [-0.2, 0) is 10.0 Å². The number of halogens is 1. The zero-order valence-electron chi connectivity index (χ0n) is 12.5. The van der Waals surface area contributed by atoms with Gasteiger partial charge in [0, 0.05) is 11.9 Å². The van der Waals surface area contributed by atoms with E-state index < -0.39 is 15.8 Å². The third kappa shape index (κ3) is 3.94. The van der Waals surface area contributed by atoms with Gasteiger partial charge in [-0.05, 0) is 51.1 Å². The first kappa shape index (κ1) is 16.2. The van der Waals surface area contributed by atoms with Gasteiger partial charge >= 0.3 is 0 Å².